The Bertz CT molecular complexity index is 3200. The summed E-state index contributed by atoms with van der Waals surface area (Å²) in [5.41, 5.74) is 8.22. The molecule has 0 unspecified atom stereocenters. The van der Waals surface area contributed by atoms with Crippen molar-refractivity contribution in [3.05, 3.63) is 125 Å². The molecule has 0 fully saturated rings. The summed E-state index contributed by atoms with van der Waals surface area (Å²) in [6.45, 7) is 7.29. The first kappa shape index (κ1) is 44.5. The van der Waals surface area contributed by atoms with Crippen LogP contribution >= 0.6 is 34.9 Å². The highest BCUT2D eigenvalue weighted by Crippen LogP contribution is 2.42. The van der Waals surface area contributed by atoms with Crippen molar-refractivity contribution in [3.63, 3.8) is 0 Å². The van der Waals surface area contributed by atoms with Crippen molar-refractivity contribution in [2.24, 2.45) is 0 Å². The van der Waals surface area contributed by atoms with Gasteiger partial charge in [0.2, 0.25) is 0 Å². The van der Waals surface area contributed by atoms with Gasteiger partial charge in [-0.25, -0.2) is 16.8 Å². The smallest absolute Gasteiger partial charge is 0.323 e. The molecule has 0 radical (unpaired) electrons. The second-order valence-electron chi connectivity index (χ2n) is 14.7. The molecular formula is C45H41N3O9S5. The summed E-state index contributed by atoms with van der Waals surface area (Å²) in [5, 5.41) is 28.9. The first-order chi connectivity index (χ1) is 29.3. The number of nitrogens with zero attached hydrogens (tertiary/aromatic N) is 3. The van der Waals surface area contributed by atoms with Crippen LogP contribution in [0, 0.1) is 27.7 Å². The zero-order valence-corrected chi connectivity index (χ0v) is 38.4. The van der Waals surface area contributed by atoms with Gasteiger partial charge in [0.1, 0.15) is 18.8 Å². The van der Waals surface area contributed by atoms with Gasteiger partial charge in [-0.05, 0) is 134 Å². The normalized spacial score (nSPS) is 11.8. The van der Waals surface area contributed by atoms with E-state index in [9.17, 15) is 36.6 Å². The largest absolute Gasteiger partial charge is 0.480 e. The Morgan fingerprint density at radius 3 is 1.48 bits per heavy atom. The Kier molecular flexibility index (Phi) is 12.7. The van der Waals surface area contributed by atoms with Crippen LogP contribution in [0.25, 0.3) is 44.1 Å². The van der Waals surface area contributed by atoms with Gasteiger partial charge in [0, 0.05) is 70.9 Å². The number of fused-ring (bicyclic) bond motifs is 2. The van der Waals surface area contributed by atoms with Crippen LogP contribution in [0.3, 0.4) is 0 Å². The van der Waals surface area contributed by atoms with Gasteiger partial charge in [0.15, 0.2) is 19.7 Å². The fourth-order valence-electron chi connectivity index (χ4n) is 7.24. The van der Waals surface area contributed by atoms with Gasteiger partial charge in [-0.15, -0.1) is 0 Å². The van der Waals surface area contributed by atoms with Crippen LogP contribution in [-0.2, 0) is 42.4 Å². The van der Waals surface area contributed by atoms with E-state index in [2.05, 4.69) is 22.7 Å². The van der Waals surface area contributed by atoms with Gasteiger partial charge in [0.05, 0.1) is 15.5 Å². The number of carbonyl (C=O) groups is 2. The van der Waals surface area contributed by atoms with Gasteiger partial charge in [-0.2, -0.15) is 11.3 Å². The number of aromatic nitrogens is 3. The molecule has 17 heteroatoms. The number of carboxylic acids is 2. The number of benzene rings is 4. The molecule has 4 heterocycles. The Hall–Kier alpha value is -5.59. The van der Waals surface area contributed by atoms with Gasteiger partial charge in [-0.1, -0.05) is 40.8 Å². The fraction of sp³-hybridized carbons (Fsp3) is 0.178. The van der Waals surface area contributed by atoms with Gasteiger partial charge < -0.3 is 23.9 Å². The third-order valence-electron chi connectivity index (χ3n) is 10.2. The number of carboxylic acid groups (broad SMARTS) is 2. The Balaban J connectivity index is 0.000000187. The summed E-state index contributed by atoms with van der Waals surface area (Å²) >= 11 is 4.62. The van der Waals surface area contributed by atoms with E-state index in [0.29, 0.717) is 5.76 Å². The number of aryl methyl sites for hydroxylation is 2. The first-order valence-corrected chi connectivity index (χ1v) is 25.3. The topological polar surface area (TPSA) is 179 Å². The highest BCUT2D eigenvalue weighted by molar-refractivity contribution is 8.00. The standard InChI is InChI=1S/C23H22N2O5S2.C22H19NO4S3/c1-13-22(15(3)30-24-13)16-5-10-20-19(11-16)23(14(2)25(20)12-21(26)27)31-17-6-8-18(9-7-17)32(4,28)29;1-14-22(29-17-4-6-18(7-5-17)30(2,26)27)19-11-15(16-9-10-28-13-16)3-8-20(19)23(14)12-21(24)25/h5-11H,12H2,1-4H3,(H,26,27);3-11,13H,12H2,1-2H3,(H,24,25). The number of sulfone groups is 2. The molecule has 4 aromatic heterocycles. The second kappa shape index (κ2) is 17.6. The lowest BCUT2D eigenvalue weighted by Gasteiger charge is -2.06. The molecule has 0 bridgehead atoms. The van der Waals surface area contributed by atoms with Crippen molar-refractivity contribution < 1.29 is 41.2 Å². The fourth-order valence-corrected chi connectivity index (χ4v) is 11.2. The van der Waals surface area contributed by atoms with E-state index in [0.717, 1.165) is 80.7 Å². The van der Waals surface area contributed by atoms with E-state index in [1.807, 2.05) is 68.0 Å². The average molecular weight is 928 g/mol. The number of rotatable bonds is 12. The van der Waals surface area contributed by atoms with E-state index in [4.69, 9.17) is 4.52 Å². The van der Waals surface area contributed by atoms with E-state index in [1.54, 1.807) is 64.4 Å². The molecule has 0 aliphatic heterocycles. The predicted octanol–water partition coefficient (Wildman–Crippen LogP) is 10.2. The third-order valence-corrected chi connectivity index (χ3v) is 15.6. The number of hydrogen-bond acceptors (Lipinski definition) is 11. The Morgan fingerprint density at radius 2 is 1.10 bits per heavy atom. The molecule has 0 saturated carbocycles. The quantitative estimate of drug-likeness (QED) is 0.119. The second-order valence-corrected chi connectivity index (χ2v) is 21.6. The summed E-state index contributed by atoms with van der Waals surface area (Å²) in [4.78, 5) is 27.1. The summed E-state index contributed by atoms with van der Waals surface area (Å²) < 4.78 is 55.9. The van der Waals surface area contributed by atoms with E-state index in [-0.39, 0.29) is 22.9 Å². The molecule has 8 rings (SSSR count). The summed E-state index contributed by atoms with van der Waals surface area (Å²) in [5.74, 6) is -1.10. The molecule has 0 aliphatic rings. The third kappa shape index (κ3) is 9.41. The average Bonchev–Trinajstić information content (AvgIpc) is 3.98. The van der Waals surface area contributed by atoms with Crippen LogP contribution in [0.2, 0.25) is 0 Å². The van der Waals surface area contributed by atoms with Crippen molar-refractivity contribution in [3.8, 4) is 22.3 Å². The highest BCUT2D eigenvalue weighted by atomic mass is 32.2. The van der Waals surface area contributed by atoms with Crippen LogP contribution < -0.4 is 0 Å². The molecule has 62 heavy (non-hydrogen) atoms. The highest BCUT2D eigenvalue weighted by Gasteiger charge is 2.21. The minimum Gasteiger partial charge on any atom is -0.480 e. The molecule has 0 aliphatic carbocycles. The maximum atomic E-state index is 11.8. The molecular weight excluding hydrogens is 887 g/mol. The Labute approximate surface area is 371 Å². The molecule has 8 aromatic rings. The van der Waals surface area contributed by atoms with E-state index in [1.165, 1.54) is 36.0 Å². The molecule has 12 nitrogen and oxygen atoms in total. The van der Waals surface area contributed by atoms with Gasteiger partial charge in [0.25, 0.3) is 0 Å². The van der Waals surface area contributed by atoms with Crippen molar-refractivity contribution in [1.29, 1.82) is 0 Å². The van der Waals surface area contributed by atoms with Crippen LogP contribution in [0.5, 0.6) is 0 Å². The zero-order chi connectivity index (χ0) is 44.7. The van der Waals surface area contributed by atoms with Crippen molar-refractivity contribution >= 4 is 88.3 Å². The van der Waals surface area contributed by atoms with Crippen LogP contribution in [0.1, 0.15) is 22.8 Å². The lowest BCUT2D eigenvalue weighted by atomic mass is 10.0. The zero-order valence-electron chi connectivity index (χ0n) is 34.4. The van der Waals surface area contributed by atoms with E-state index < -0.39 is 31.6 Å². The van der Waals surface area contributed by atoms with Gasteiger partial charge >= 0.3 is 11.9 Å². The lowest BCUT2D eigenvalue weighted by Crippen LogP contribution is -2.09. The van der Waals surface area contributed by atoms with Crippen molar-refractivity contribution in [1.82, 2.24) is 14.3 Å². The van der Waals surface area contributed by atoms with Crippen molar-refractivity contribution in [2.45, 2.75) is 70.2 Å². The number of aliphatic carboxylic acids is 2. The minimum atomic E-state index is -3.28. The molecule has 4 aromatic carbocycles. The maximum absolute atomic E-state index is 11.8. The lowest BCUT2D eigenvalue weighted by molar-refractivity contribution is -0.138. The minimum absolute atomic E-state index is 0.117. The molecule has 0 atom stereocenters. The molecule has 2 N–H and O–H groups in total. The molecule has 320 valence electrons. The number of hydrogen-bond donors (Lipinski definition) is 2. The summed E-state index contributed by atoms with van der Waals surface area (Å²) in [6.07, 6.45) is 2.36. The predicted molar refractivity (Wildman–Crippen MR) is 244 cm³/mol. The molecule has 0 saturated heterocycles. The Morgan fingerprint density at radius 1 is 0.645 bits per heavy atom. The van der Waals surface area contributed by atoms with E-state index >= 15 is 0 Å². The number of thiophene rings is 1. The maximum Gasteiger partial charge on any atom is 0.323 e. The van der Waals surface area contributed by atoms with Crippen LogP contribution in [0.4, 0.5) is 0 Å². The van der Waals surface area contributed by atoms with Crippen LogP contribution in [0.15, 0.2) is 136 Å². The van der Waals surface area contributed by atoms with Crippen molar-refractivity contribution in [2.75, 3.05) is 12.5 Å². The summed E-state index contributed by atoms with van der Waals surface area (Å²) in [6, 6.07) is 27.5. The summed E-state index contributed by atoms with van der Waals surface area (Å²) in [7, 11) is -6.53. The molecule has 0 amide bonds. The molecule has 0 spiro atoms. The van der Waals surface area contributed by atoms with Crippen LogP contribution in [-0.4, -0.2) is 65.8 Å². The van der Waals surface area contributed by atoms with Gasteiger partial charge in [-0.3, -0.25) is 9.59 Å². The SMILES string of the molecule is Cc1c(Sc2ccc(S(C)(=O)=O)cc2)c2cc(-c3ccsc3)ccc2n1CC(=O)O.Cc1noc(C)c1-c1ccc2c(c1)c(Sc1ccc(S(C)(=O)=O)cc1)c(C)n2CC(=O)O. The first-order valence-electron chi connectivity index (χ1n) is 18.9. The monoisotopic (exact) mass is 927 g/mol.